The normalized spacial score (nSPS) is 13.0. The molecule has 1 aliphatic heterocycles. The van der Waals surface area contributed by atoms with Crippen LogP contribution in [0.3, 0.4) is 0 Å². The molecular formula is C16H22N2O3. The molecule has 0 saturated carbocycles. The lowest BCUT2D eigenvalue weighted by atomic mass is 10.1. The van der Waals surface area contributed by atoms with Crippen LogP contribution in [0.2, 0.25) is 0 Å². The Hall–Kier alpha value is -2.04. The molecule has 1 heterocycles. The van der Waals surface area contributed by atoms with Crippen LogP contribution in [-0.4, -0.2) is 28.6 Å². The first-order chi connectivity index (χ1) is 10.2. The second-order valence-electron chi connectivity index (χ2n) is 5.41. The number of amides is 2. The molecule has 0 saturated heterocycles. The van der Waals surface area contributed by atoms with E-state index in [0.29, 0.717) is 26.1 Å². The van der Waals surface area contributed by atoms with Gasteiger partial charge in [-0.25, -0.2) is 4.79 Å². The Kier molecular flexibility index (Phi) is 5.60. The van der Waals surface area contributed by atoms with E-state index in [4.69, 9.17) is 5.11 Å². The van der Waals surface area contributed by atoms with Gasteiger partial charge < -0.3 is 15.3 Å². The van der Waals surface area contributed by atoms with E-state index < -0.39 is 5.97 Å². The van der Waals surface area contributed by atoms with Gasteiger partial charge in [-0.1, -0.05) is 37.1 Å². The molecule has 2 rings (SSSR count). The highest BCUT2D eigenvalue weighted by Crippen LogP contribution is 2.21. The maximum Gasteiger partial charge on any atom is 0.318 e. The van der Waals surface area contributed by atoms with Crippen LogP contribution in [0.4, 0.5) is 4.79 Å². The Bertz CT molecular complexity index is 477. The highest BCUT2D eigenvalue weighted by molar-refractivity contribution is 5.75. The molecule has 2 amide bonds. The zero-order valence-corrected chi connectivity index (χ0v) is 12.2. The predicted molar refractivity (Wildman–Crippen MR) is 79.8 cm³/mol. The summed E-state index contributed by atoms with van der Waals surface area (Å²) in [5.74, 6) is -0.739. The monoisotopic (exact) mass is 290 g/mol. The number of carbonyl (C=O) groups is 2. The van der Waals surface area contributed by atoms with Crippen molar-refractivity contribution in [1.29, 1.82) is 0 Å². The van der Waals surface area contributed by atoms with Crippen molar-refractivity contribution in [3.05, 3.63) is 35.4 Å². The number of urea groups is 1. The van der Waals surface area contributed by atoms with Gasteiger partial charge in [-0.05, 0) is 24.0 Å². The third-order valence-electron chi connectivity index (χ3n) is 3.72. The number of nitrogens with zero attached hydrogens (tertiary/aromatic N) is 1. The van der Waals surface area contributed by atoms with E-state index in [-0.39, 0.29) is 12.5 Å². The average Bonchev–Trinajstić information content (AvgIpc) is 2.89. The quantitative estimate of drug-likeness (QED) is 0.759. The molecule has 1 aliphatic rings. The van der Waals surface area contributed by atoms with Gasteiger partial charge in [0.2, 0.25) is 0 Å². The maximum atomic E-state index is 12.0. The van der Waals surface area contributed by atoms with Gasteiger partial charge in [0.1, 0.15) is 0 Å². The van der Waals surface area contributed by atoms with E-state index in [0.717, 1.165) is 19.3 Å². The van der Waals surface area contributed by atoms with Crippen molar-refractivity contribution in [3.8, 4) is 0 Å². The predicted octanol–water partition coefficient (Wildman–Crippen LogP) is 2.75. The number of hydrogen-bond acceptors (Lipinski definition) is 2. The van der Waals surface area contributed by atoms with Gasteiger partial charge in [0.15, 0.2) is 0 Å². The molecule has 0 aliphatic carbocycles. The maximum absolute atomic E-state index is 12.0. The van der Waals surface area contributed by atoms with E-state index in [9.17, 15) is 9.59 Å². The van der Waals surface area contributed by atoms with Gasteiger partial charge in [-0.2, -0.15) is 0 Å². The Morgan fingerprint density at radius 1 is 1.05 bits per heavy atom. The van der Waals surface area contributed by atoms with E-state index in [1.807, 2.05) is 17.0 Å². The molecule has 1 aromatic carbocycles. The molecule has 0 bridgehead atoms. The lowest BCUT2D eigenvalue weighted by molar-refractivity contribution is -0.137. The highest BCUT2D eigenvalue weighted by Gasteiger charge is 2.22. The number of nitrogens with one attached hydrogen (secondary N) is 1. The van der Waals surface area contributed by atoms with Crippen LogP contribution < -0.4 is 5.32 Å². The first-order valence-corrected chi connectivity index (χ1v) is 7.48. The van der Waals surface area contributed by atoms with Crippen molar-refractivity contribution < 1.29 is 14.7 Å². The molecule has 21 heavy (non-hydrogen) atoms. The standard InChI is InChI=1S/C16H22N2O3/c19-15(20)9-3-1-2-6-10-17-16(21)18-11-13-7-4-5-8-14(13)12-18/h4-5,7-8H,1-3,6,9-12H2,(H,17,21)(H,19,20). The number of benzene rings is 1. The molecule has 114 valence electrons. The van der Waals surface area contributed by atoms with Crippen LogP contribution in [0.1, 0.15) is 43.2 Å². The molecular weight excluding hydrogens is 268 g/mol. The minimum atomic E-state index is -0.739. The van der Waals surface area contributed by atoms with Crippen LogP contribution >= 0.6 is 0 Å². The Labute approximate surface area is 125 Å². The van der Waals surface area contributed by atoms with Crippen LogP contribution in [0.5, 0.6) is 0 Å². The smallest absolute Gasteiger partial charge is 0.318 e. The number of aliphatic carboxylic acids is 1. The number of rotatable bonds is 7. The second-order valence-corrected chi connectivity index (χ2v) is 5.41. The second kappa shape index (κ2) is 7.67. The number of carboxylic acid groups (broad SMARTS) is 1. The number of fused-ring (bicyclic) bond motifs is 1. The summed E-state index contributed by atoms with van der Waals surface area (Å²) in [5.41, 5.74) is 2.45. The first kappa shape index (κ1) is 15.4. The fourth-order valence-corrected chi connectivity index (χ4v) is 2.54. The van der Waals surface area contributed by atoms with Crippen molar-refractivity contribution >= 4 is 12.0 Å². The van der Waals surface area contributed by atoms with Crippen molar-refractivity contribution in [2.75, 3.05) is 6.54 Å². The van der Waals surface area contributed by atoms with Gasteiger partial charge in [-0.15, -0.1) is 0 Å². The Balaban J connectivity index is 1.58. The van der Waals surface area contributed by atoms with Gasteiger partial charge in [-0.3, -0.25) is 4.79 Å². The van der Waals surface area contributed by atoms with E-state index in [1.54, 1.807) is 0 Å². The average molecular weight is 290 g/mol. The van der Waals surface area contributed by atoms with E-state index >= 15 is 0 Å². The van der Waals surface area contributed by atoms with Crippen molar-refractivity contribution in [2.45, 2.75) is 45.2 Å². The zero-order valence-electron chi connectivity index (χ0n) is 12.2. The number of carboxylic acids is 1. The third-order valence-corrected chi connectivity index (χ3v) is 3.72. The third kappa shape index (κ3) is 4.77. The summed E-state index contributed by atoms with van der Waals surface area (Å²) >= 11 is 0. The fourth-order valence-electron chi connectivity index (χ4n) is 2.54. The van der Waals surface area contributed by atoms with E-state index in [2.05, 4.69) is 17.4 Å². The number of carbonyl (C=O) groups excluding carboxylic acids is 1. The minimum Gasteiger partial charge on any atom is -0.481 e. The zero-order chi connectivity index (χ0) is 15.1. The highest BCUT2D eigenvalue weighted by atomic mass is 16.4. The topological polar surface area (TPSA) is 69.6 Å². The van der Waals surface area contributed by atoms with E-state index in [1.165, 1.54) is 11.1 Å². The van der Waals surface area contributed by atoms with Gasteiger partial charge in [0.25, 0.3) is 0 Å². The summed E-state index contributed by atoms with van der Waals surface area (Å²) in [6, 6.07) is 8.10. The molecule has 2 N–H and O–H groups in total. The molecule has 0 radical (unpaired) electrons. The molecule has 0 fully saturated rings. The number of hydrogen-bond donors (Lipinski definition) is 2. The van der Waals surface area contributed by atoms with Crippen molar-refractivity contribution in [3.63, 3.8) is 0 Å². The summed E-state index contributed by atoms with van der Waals surface area (Å²) in [7, 11) is 0. The fraction of sp³-hybridized carbons (Fsp3) is 0.500. The molecule has 1 aromatic rings. The van der Waals surface area contributed by atoms with Crippen molar-refractivity contribution in [1.82, 2.24) is 10.2 Å². The molecule has 0 aromatic heterocycles. The molecule has 0 spiro atoms. The summed E-state index contributed by atoms with van der Waals surface area (Å²) in [6.45, 7) is 2.01. The molecule has 0 unspecified atom stereocenters. The minimum absolute atomic E-state index is 0.0169. The summed E-state index contributed by atoms with van der Waals surface area (Å²) in [4.78, 5) is 24.2. The lowest BCUT2D eigenvalue weighted by Gasteiger charge is -2.16. The van der Waals surface area contributed by atoms with Crippen LogP contribution in [0.15, 0.2) is 24.3 Å². The van der Waals surface area contributed by atoms with Crippen LogP contribution in [0, 0.1) is 0 Å². The SMILES string of the molecule is O=C(O)CCCCCCNC(=O)N1Cc2ccccc2C1. The number of unbranched alkanes of at least 4 members (excludes halogenated alkanes) is 3. The van der Waals surface area contributed by atoms with Gasteiger partial charge in [0.05, 0.1) is 0 Å². The lowest BCUT2D eigenvalue weighted by Crippen LogP contribution is -2.36. The molecule has 0 atom stereocenters. The van der Waals surface area contributed by atoms with Gasteiger partial charge in [0, 0.05) is 26.1 Å². The van der Waals surface area contributed by atoms with Gasteiger partial charge >= 0.3 is 12.0 Å². The Morgan fingerprint density at radius 2 is 1.67 bits per heavy atom. The largest absolute Gasteiger partial charge is 0.481 e. The summed E-state index contributed by atoms with van der Waals surface area (Å²) in [5, 5.41) is 11.5. The summed E-state index contributed by atoms with van der Waals surface area (Å²) < 4.78 is 0. The Morgan fingerprint density at radius 3 is 2.29 bits per heavy atom. The molecule has 5 nitrogen and oxygen atoms in total. The first-order valence-electron chi connectivity index (χ1n) is 7.48. The van der Waals surface area contributed by atoms with Crippen LogP contribution in [0.25, 0.3) is 0 Å². The summed E-state index contributed by atoms with van der Waals surface area (Å²) in [6.07, 6.45) is 3.69. The van der Waals surface area contributed by atoms with Crippen LogP contribution in [-0.2, 0) is 17.9 Å². The van der Waals surface area contributed by atoms with Crippen molar-refractivity contribution in [2.24, 2.45) is 0 Å². The molecule has 5 heteroatoms.